The van der Waals surface area contributed by atoms with Crippen LogP contribution < -0.4 is 16.2 Å². The molecule has 0 aliphatic carbocycles. The Balaban J connectivity index is 1.80. The van der Waals surface area contributed by atoms with Crippen LogP contribution in [0.4, 0.5) is 5.69 Å². The zero-order valence-electron chi connectivity index (χ0n) is 13.6. The molecule has 8 nitrogen and oxygen atoms in total. The van der Waals surface area contributed by atoms with Gasteiger partial charge in [-0.2, -0.15) is 0 Å². The number of carbonyl (C=O) groups is 2. The van der Waals surface area contributed by atoms with E-state index in [4.69, 9.17) is 12.2 Å². The van der Waals surface area contributed by atoms with E-state index >= 15 is 0 Å². The lowest BCUT2D eigenvalue weighted by Gasteiger charge is -2.11. The highest BCUT2D eigenvalue weighted by Crippen LogP contribution is 2.17. The minimum absolute atomic E-state index is 0.128. The van der Waals surface area contributed by atoms with Gasteiger partial charge in [0.05, 0.1) is 4.92 Å². The fourth-order valence-electron chi connectivity index (χ4n) is 2.12. The molecule has 0 unspecified atom stereocenters. The number of rotatable bonds is 5. The van der Waals surface area contributed by atoms with Gasteiger partial charge in [-0.15, -0.1) is 0 Å². The van der Waals surface area contributed by atoms with Crippen LogP contribution in [0.5, 0.6) is 0 Å². The smallest absolute Gasteiger partial charge is 0.282 e. The Bertz CT molecular complexity index is 827. The largest absolute Gasteiger partial charge is 0.297 e. The average molecular weight is 372 g/mol. The first-order valence-corrected chi connectivity index (χ1v) is 8.05. The first-order valence-electron chi connectivity index (χ1n) is 7.65. The number of carbonyl (C=O) groups excluding carboxylic acids is 2. The molecule has 134 valence electrons. The lowest BCUT2D eigenvalue weighted by molar-refractivity contribution is -0.385. The molecule has 0 aliphatic rings. The molecule has 0 aliphatic heterocycles. The van der Waals surface area contributed by atoms with E-state index in [2.05, 4.69) is 16.2 Å². The van der Waals surface area contributed by atoms with E-state index < -0.39 is 10.8 Å². The summed E-state index contributed by atoms with van der Waals surface area (Å²) in [6.45, 7) is 0. The molecule has 2 rings (SSSR count). The van der Waals surface area contributed by atoms with Crippen LogP contribution in [0, 0.1) is 10.1 Å². The van der Waals surface area contributed by atoms with Crippen LogP contribution in [-0.2, 0) is 11.2 Å². The van der Waals surface area contributed by atoms with Crippen molar-refractivity contribution in [1.82, 2.24) is 16.2 Å². The van der Waals surface area contributed by atoms with Gasteiger partial charge in [0.25, 0.3) is 11.6 Å². The monoisotopic (exact) mass is 372 g/mol. The summed E-state index contributed by atoms with van der Waals surface area (Å²) in [6.07, 6.45) is 0.793. The van der Waals surface area contributed by atoms with Crippen LogP contribution in [0.3, 0.4) is 0 Å². The number of aryl methyl sites for hydroxylation is 1. The molecule has 0 heterocycles. The van der Waals surface area contributed by atoms with Crippen LogP contribution in [0.15, 0.2) is 54.6 Å². The first kappa shape index (κ1) is 19.0. The number of nitro groups is 1. The Morgan fingerprint density at radius 2 is 1.65 bits per heavy atom. The third-order valence-corrected chi connectivity index (χ3v) is 3.58. The molecule has 0 aromatic heterocycles. The van der Waals surface area contributed by atoms with Gasteiger partial charge in [-0.25, -0.2) is 0 Å². The molecular formula is C17H16N4O4S. The lowest BCUT2D eigenvalue weighted by atomic mass is 10.1. The van der Waals surface area contributed by atoms with Gasteiger partial charge in [0.15, 0.2) is 5.11 Å². The minimum atomic E-state index is -0.742. The molecule has 0 bridgehead atoms. The van der Waals surface area contributed by atoms with Gasteiger partial charge in [0.1, 0.15) is 5.56 Å². The number of nitrogens with one attached hydrogen (secondary N) is 3. The van der Waals surface area contributed by atoms with Crippen LogP contribution in [0.2, 0.25) is 0 Å². The SMILES string of the molecule is O=C(CCc1ccccc1)NNC(=S)NC(=O)c1ccccc1[N+](=O)[O-]. The third-order valence-electron chi connectivity index (χ3n) is 3.37. The lowest BCUT2D eigenvalue weighted by Crippen LogP contribution is -2.48. The second-order valence-electron chi connectivity index (χ2n) is 5.22. The summed E-state index contributed by atoms with van der Waals surface area (Å²) in [5.74, 6) is -1.05. The normalized spacial score (nSPS) is 9.85. The Labute approximate surface area is 154 Å². The van der Waals surface area contributed by atoms with Crippen molar-refractivity contribution in [2.75, 3.05) is 0 Å². The topological polar surface area (TPSA) is 113 Å². The molecule has 3 N–H and O–H groups in total. The van der Waals surface area contributed by atoms with Crippen molar-refractivity contribution >= 4 is 34.8 Å². The zero-order chi connectivity index (χ0) is 18.9. The zero-order valence-corrected chi connectivity index (χ0v) is 14.4. The highest BCUT2D eigenvalue weighted by Gasteiger charge is 2.19. The van der Waals surface area contributed by atoms with Crippen molar-refractivity contribution in [3.05, 3.63) is 75.8 Å². The molecule has 0 fully saturated rings. The Morgan fingerprint density at radius 3 is 2.35 bits per heavy atom. The standard InChI is InChI=1S/C17H16N4O4S/c22-15(11-10-12-6-2-1-3-7-12)19-20-17(26)18-16(23)13-8-4-5-9-14(13)21(24)25/h1-9H,10-11H2,(H,19,22)(H2,18,20,23,26). The molecule has 0 saturated heterocycles. The quantitative estimate of drug-likeness (QED) is 0.419. The number of hydrazine groups is 1. The predicted octanol–water partition coefficient (Wildman–Crippen LogP) is 1.86. The number of hydrogen-bond acceptors (Lipinski definition) is 5. The maximum Gasteiger partial charge on any atom is 0.282 e. The van der Waals surface area contributed by atoms with Gasteiger partial charge in [0.2, 0.25) is 5.91 Å². The van der Waals surface area contributed by atoms with E-state index in [1.54, 1.807) is 0 Å². The summed E-state index contributed by atoms with van der Waals surface area (Å²) >= 11 is 4.91. The van der Waals surface area contributed by atoms with Crippen LogP contribution in [-0.4, -0.2) is 21.9 Å². The van der Waals surface area contributed by atoms with E-state index in [0.717, 1.165) is 5.56 Å². The fraction of sp³-hybridized carbons (Fsp3) is 0.118. The van der Waals surface area contributed by atoms with Gasteiger partial charge in [-0.1, -0.05) is 42.5 Å². The molecule has 9 heteroatoms. The first-order chi connectivity index (χ1) is 12.5. The molecule has 0 radical (unpaired) electrons. The molecule has 0 atom stereocenters. The summed E-state index contributed by atoms with van der Waals surface area (Å²) < 4.78 is 0. The van der Waals surface area contributed by atoms with Gasteiger partial charge in [-0.3, -0.25) is 35.9 Å². The van der Waals surface area contributed by atoms with Crippen molar-refractivity contribution < 1.29 is 14.5 Å². The number of amides is 2. The molecule has 0 spiro atoms. The third kappa shape index (κ3) is 5.64. The Kier molecular flexibility index (Phi) is 6.75. The number of thiocarbonyl (C=S) groups is 1. The van der Waals surface area contributed by atoms with Crippen molar-refractivity contribution in [2.24, 2.45) is 0 Å². The van der Waals surface area contributed by atoms with Crippen LogP contribution >= 0.6 is 12.2 Å². The van der Waals surface area contributed by atoms with Crippen molar-refractivity contribution in [3.63, 3.8) is 0 Å². The summed E-state index contributed by atoms with van der Waals surface area (Å²) in [7, 11) is 0. The Morgan fingerprint density at radius 1 is 1.00 bits per heavy atom. The van der Waals surface area contributed by atoms with E-state index in [-0.39, 0.29) is 28.7 Å². The fourth-order valence-corrected chi connectivity index (χ4v) is 2.26. The van der Waals surface area contributed by atoms with E-state index in [1.165, 1.54) is 24.3 Å². The number of nitro benzene ring substituents is 1. The van der Waals surface area contributed by atoms with Crippen molar-refractivity contribution in [3.8, 4) is 0 Å². The molecule has 26 heavy (non-hydrogen) atoms. The van der Waals surface area contributed by atoms with Gasteiger partial charge in [0, 0.05) is 12.5 Å². The minimum Gasteiger partial charge on any atom is -0.297 e. The number of nitrogens with zero attached hydrogens (tertiary/aromatic N) is 1. The number of para-hydroxylation sites is 1. The van der Waals surface area contributed by atoms with Crippen LogP contribution in [0.25, 0.3) is 0 Å². The van der Waals surface area contributed by atoms with Crippen molar-refractivity contribution in [1.29, 1.82) is 0 Å². The van der Waals surface area contributed by atoms with Gasteiger partial charge in [-0.05, 0) is 30.3 Å². The summed E-state index contributed by atoms with van der Waals surface area (Å²) in [5.41, 5.74) is 5.33. The van der Waals surface area contributed by atoms with Gasteiger partial charge < -0.3 is 0 Å². The van der Waals surface area contributed by atoms with Crippen LogP contribution in [0.1, 0.15) is 22.3 Å². The van der Waals surface area contributed by atoms with Gasteiger partial charge >= 0.3 is 0 Å². The molecular weight excluding hydrogens is 356 g/mol. The summed E-state index contributed by atoms with van der Waals surface area (Å²) in [6, 6.07) is 15.0. The molecule has 2 amide bonds. The highest BCUT2D eigenvalue weighted by atomic mass is 32.1. The average Bonchev–Trinajstić information content (AvgIpc) is 2.65. The molecule has 2 aromatic rings. The highest BCUT2D eigenvalue weighted by molar-refractivity contribution is 7.80. The second-order valence-corrected chi connectivity index (χ2v) is 5.62. The molecule has 0 saturated carbocycles. The van der Waals surface area contributed by atoms with Crippen molar-refractivity contribution in [2.45, 2.75) is 12.8 Å². The maximum absolute atomic E-state index is 12.1. The second kappa shape index (κ2) is 9.23. The van der Waals surface area contributed by atoms with E-state index in [1.807, 2.05) is 30.3 Å². The number of hydrogen-bond donors (Lipinski definition) is 3. The number of benzene rings is 2. The molecule has 2 aromatic carbocycles. The van der Waals surface area contributed by atoms with E-state index in [0.29, 0.717) is 6.42 Å². The maximum atomic E-state index is 12.1. The predicted molar refractivity (Wildman–Crippen MR) is 99.2 cm³/mol. The Hall–Kier alpha value is -3.33. The summed E-state index contributed by atoms with van der Waals surface area (Å²) in [4.78, 5) is 34.1. The van der Waals surface area contributed by atoms with E-state index in [9.17, 15) is 19.7 Å². The summed E-state index contributed by atoms with van der Waals surface area (Å²) in [5, 5.41) is 13.1.